The van der Waals surface area contributed by atoms with Crippen molar-refractivity contribution in [3.05, 3.63) is 35.8 Å². The van der Waals surface area contributed by atoms with Crippen molar-refractivity contribution >= 4 is 11.0 Å². The van der Waals surface area contributed by atoms with Gasteiger partial charge in [-0.3, -0.25) is 0 Å². The smallest absolute Gasteiger partial charge is 0.278 e. The van der Waals surface area contributed by atoms with Crippen LogP contribution in [0.15, 0.2) is 28.7 Å². The molecular formula is C19H26FNO2. The summed E-state index contributed by atoms with van der Waals surface area (Å²) in [6.07, 6.45) is 5.71. The van der Waals surface area contributed by atoms with E-state index >= 15 is 0 Å². The largest absolute Gasteiger partial charge is 0.431 e. The lowest BCUT2D eigenvalue weighted by atomic mass is 9.78. The third-order valence-corrected chi connectivity index (χ3v) is 4.96. The fraction of sp³-hybridized carbons (Fsp3) is 0.579. The van der Waals surface area contributed by atoms with Crippen molar-refractivity contribution in [3.63, 3.8) is 0 Å². The molecular weight excluding hydrogens is 293 g/mol. The Balaban J connectivity index is 1.85. The first-order valence-corrected chi connectivity index (χ1v) is 8.67. The Morgan fingerprint density at radius 2 is 2.30 bits per heavy atom. The molecule has 0 saturated carbocycles. The molecule has 1 N–H and O–H groups in total. The van der Waals surface area contributed by atoms with Gasteiger partial charge in [-0.1, -0.05) is 24.6 Å². The lowest BCUT2D eigenvalue weighted by Gasteiger charge is -2.31. The molecule has 0 unspecified atom stereocenters. The van der Waals surface area contributed by atoms with E-state index in [1.807, 2.05) is 12.1 Å². The van der Waals surface area contributed by atoms with E-state index in [0.29, 0.717) is 11.8 Å². The van der Waals surface area contributed by atoms with Crippen LogP contribution >= 0.6 is 0 Å². The van der Waals surface area contributed by atoms with Crippen LogP contribution < -0.4 is 5.32 Å². The summed E-state index contributed by atoms with van der Waals surface area (Å²) in [5.41, 5.74) is 1.89. The summed E-state index contributed by atoms with van der Waals surface area (Å²) in [5, 5.41) is 4.38. The number of fused-ring (bicyclic) bond motifs is 1. The fourth-order valence-electron chi connectivity index (χ4n) is 3.82. The van der Waals surface area contributed by atoms with Gasteiger partial charge in [0, 0.05) is 25.2 Å². The van der Waals surface area contributed by atoms with Gasteiger partial charge in [0.05, 0.1) is 0 Å². The molecule has 2 atom stereocenters. The second kappa shape index (κ2) is 7.93. The Morgan fingerprint density at radius 3 is 3.09 bits per heavy atom. The molecule has 1 fully saturated rings. The lowest BCUT2D eigenvalue weighted by molar-refractivity contribution is 0.189. The quantitative estimate of drug-likeness (QED) is 0.765. The number of hydrogen-bond acceptors (Lipinski definition) is 3. The third-order valence-electron chi connectivity index (χ3n) is 4.96. The van der Waals surface area contributed by atoms with E-state index in [0.717, 1.165) is 55.5 Å². The van der Waals surface area contributed by atoms with Crippen LogP contribution in [-0.4, -0.2) is 26.8 Å². The normalized spacial score (nSPS) is 20.0. The van der Waals surface area contributed by atoms with E-state index in [9.17, 15) is 4.39 Å². The van der Waals surface area contributed by atoms with Crippen molar-refractivity contribution in [1.29, 1.82) is 0 Å². The molecule has 0 spiro atoms. The predicted octanol–water partition coefficient (Wildman–Crippen LogP) is 4.47. The maximum absolute atomic E-state index is 13.6. The number of piperidine rings is 1. The Hall–Kier alpha value is -1.39. The second-order valence-electron chi connectivity index (χ2n) is 6.52. The van der Waals surface area contributed by atoms with E-state index in [-0.39, 0.29) is 0 Å². The number of rotatable bonds is 7. The minimum absolute atomic E-state index is 0.411. The molecule has 0 aliphatic carbocycles. The van der Waals surface area contributed by atoms with Crippen molar-refractivity contribution in [1.82, 2.24) is 5.32 Å². The molecule has 1 aromatic heterocycles. The Kier molecular flexibility index (Phi) is 5.68. The fourth-order valence-corrected chi connectivity index (χ4v) is 3.82. The van der Waals surface area contributed by atoms with Crippen LogP contribution in [-0.2, 0) is 4.74 Å². The van der Waals surface area contributed by atoms with Gasteiger partial charge in [0.1, 0.15) is 5.58 Å². The van der Waals surface area contributed by atoms with Crippen molar-refractivity contribution in [2.24, 2.45) is 5.92 Å². The van der Waals surface area contributed by atoms with Crippen LogP contribution in [0.2, 0.25) is 0 Å². The number of halogens is 1. The van der Waals surface area contributed by atoms with Crippen LogP contribution in [0, 0.1) is 11.9 Å². The standard InChI is InChI=1S/C19H26FNO2/c1-22-11-3-2-8-16(15-7-5-10-21-13-15)17-9-4-6-14-12-18(20)23-19(14)17/h4,6,9,12,15-16,21H,2-3,5,7-8,10-11,13H2,1H3/t15-,16-/m0/s1. The number of para-hydroxylation sites is 1. The minimum Gasteiger partial charge on any atom is -0.431 e. The Morgan fingerprint density at radius 1 is 1.39 bits per heavy atom. The Labute approximate surface area is 137 Å². The van der Waals surface area contributed by atoms with E-state index in [4.69, 9.17) is 9.15 Å². The molecule has 0 radical (unpaired) electrons. The second-order valence-corrected chi connectivity index (χ2v) is 6.52. The molecule has 1 aliphatic rings. The summed E-state index contributed by atoms with van der Waals surface area (Å²) >= 11 is 0. The van der Waals surface area contributed by atoms with Crippen molar-refractivity contribution < 1.29 is 13.5 Å². The molecule has 3 rings (SSSR count). The molecule has 0 amide bonds. The molecule has 1 aliphatic heterocycles. The first kappa shape index (κ1) is 16.5. The number of hydrogen-bond donors (Lipinski definition) is 1. The van der Waals surface area contributed by atoms with Gasteiger partial charge < -0.3 is 14.5 Å². The molecule has 23 heavy (non-hydrogen) atoms. The summed E-state index contributed by atoms with van der Waals surface area (Å²) in [7, 11) is 1.74. The molecule has 1 saturated heterocycles. The molecule has 0 bridgehead atoms. The maximum Gasteiger partial charge on any atom is 0.278 e. The van der Waals surface area contributed by atoms with Crippen molar-refractivity contribution in [2.75, 3.05) is 26.8 Å². The number of furan rings is 1. The summed E-state index contributed by atoms with van der Waals surface area (Å²) in [5.74, 6) is 0.999. The van der Waals surface area contributed by atoms with Crippen LogP contribution in [0.4, 0.5) is 4.39 Å². The van der Waals surface area contributed by atoms with Gasteiger partial charge in [0.15, 0.2) is 0 Å². The van der Waals surface area contributed by atoms with Crippen molar-refractivity contribution in [3.8, 4) is 0 Å². The summed E-state index contributed by atoms with van der Waals surface area (Å²) in [4.78, 5) is 0. The molecule has 2 aromatic rings. The monoisotopic (exact) mass is 319 g/mol. The third kappa shape index (κ3) is 3.93. The molecule has 126 valence electrons. The first-order valence-electron chi connectivity index (χ1n) is 8.67. The average molecular weight is 319 g/mol. The first-order chi connectivity index (χ1) is 11.3. The Bertz CT molecular complexity index is 619. The molecule has 3 nitrogen and oxygen atoms in total. The van der Waals surface area contributed by atoms with Crippen molar-refractivity contribution in [2.45, 2.75) is 38.0 Å². The van der Waals surface area contributed by atoms with Crippen LogP contribution in [0.25, 0.3) is 11.0 Å². The van der Waals surface area contributed by atoms with Gasteiger partial charge in [-0.15, -0.1) is 0 Å². The van der Waals surface area contributed by atoms with Gasteiger partial charge in [-0.05, 0) is 56.2 Å². The SMILES string of the molecule is COCCCC[C@H](c1cccc2cc(F)oc12)[C@H]1CCCNC1. The number of methoxy groups -OCH3 is 1. The molecule has 2 heterocycles. The average Bonchev–Trinajstić information content (AvgIpc) is 2.96. The number of nitrogens with one attached hydrogen (secondary N) is 1. The van der Waals surface area contributed by atoms with E-state index in [2.05, 4.69) is 11.4 Å². The van der Waals surface area contributed by atoms with Gasteiger partial charge in [0.25, 0.3) is 6.01 Å². The number of benzene rings is 1. The highest BCUT2D eigenvalue weighted by molar-refractivity contribution is 5.81. The topological polar surface area (TPSA) is 34.4 Å². The highest BCUT2D eigenvalue weighted by atomic mass is 19.1. The van der Waals surface area contributed by atoms with E-state index in [1.165, 1.54) is 18.9 Å². The summed E-state index contributed by atoms with van der Waals surface area (Å²) in [6, 6.07) is 7.05. The van der Waals surface area contributed by atoms with Gasteiger partial charge in [-0.25, -0.2) is 0 Å². The highest BCUT2D eigenvalue weighted by Crippen LogP contribution is 2.38. The number of ether oxygens (including phenoxy) is 1. The van der Waals surface area contributed by atoms with Gasteiger partial charge >= 0.3 is 0 Å². The van der Waals surface area contributed by atoms with Gasteiger partial charge in [-0.2, -0.15) is 4.39 Å². The zero-order chi connectivity index (χ0) is 16.1. The minimum atomic E-state index is -0.493. The summed E-state index contributed by atoms with van der Waals surface area (Å²) in [6.45, 7) is 2.94. The summed E-state index contributed by atoms with van der Waals surface area (Å²) < 4.78 is 24.1. The van der Waals surface area contributed by atoms with Crippen LogP contribution in [0.3, 0.4) is 0 Å². The predicted molar refractivity (Wildman–Crippen MR) is 90.2 cm³/mol. The van der Waals surface area contributed by atoms with E-state index in [1.54, 1.807) is 7.11 Å². The van der Waals surface area contributed by atoms with E-state index < -0.39 is 6.01 Å². The maximum atomic E-state index is 13.6. The van der Waals surface area contributed by atoms with Crippen LogP contribution in [0.5, 0.6) is 0 Å². The zero-order valence-corrected chi connectivity index (χ0v) is 13.8. The highest BCUT2D eigenvalue weighted by Gasteiger charge is 2.27. The molecule has 4 heteroatoms. The lowest BCUT2D eigenvalue weighted by Crippen LogP contribution is -2.33. The number of unbranched alkanes of at least 4 members (excludes halogenated alkanes) is 1. The van der Waals surface area contributed by atoms with Gasteiger partial charge in [0.2, 0.25) is 0 Å². The van der Waals surface area contributed by atoms with Crippen LogP contribution in [0.1, 0.15) is 43.6 Å². The molecule has 1 aromatic carbocycles. The zero-order valence-electron chi connectivity index (χ0n) is 13.8.